The molecule has 3 aromatic heterocycles. The summed E-state index contributed by atoms with van der Waals surface area (Å²) in [5.41, 5.74) is 1.75. The summed E-state index contributed by atoms with van der Waals surface area (Å²) in [5, 5.41) is 7.81. The number of hydrogen-bond acceptors (Lipinski definition) is 7. The van der Waals surface area contributed by atoms with Gasteiger partial charge in [-0.3, -0.25) is 9.20 Å². The Morgan fingerprint density at radius 3 is 2.71 bits per heavy atom. The summed E-state index contributed by atoms with van der Waals surface area (Å²) in [6, 6.07) is 6.58. The molecule has 0 N–H and O–H groups in total. The first-order valence-corrected chi connectivity index (χ1v) is 11.1. The maximum atomic E-state index is 13.2. The van der Waals surface area contributed by atoms with E-state index in [4.69, 9.17) is 14.2 Å². The van der Waals surface area contributed by atoms with Gasteiger partial charge < -0.3 is 18.8 Å². The molecule has 35 heavy (non-hydrogen) atoms. The first-order valence-electron chi connectivity index (χ1n) is 11.1. The molecule has 0 radical (unpaired) electrons. The number of ether oxygens (including phenoxy) is 3. The van der Waals surface area contributed by atoms with Gasteiger partial charge in [-0.1, -0.05) is 0 Å². The van der Waals surface area contributed by atoms with Gasteiger partial charge in [0.1, 0.15) is 41.4 Å². The van der Waals surface area contributed by atoms with Crippen LogP contribution in [0.5, 0.6) is 17.2 Å². The molecule has 0 unspecified atom stereocenters. The highest BCUT2D eigenvalue weighted by molar-refractivity contribution is 6.02. The number of halogens is 2. The molecule has 1 saturated carbocycles. The second-order valence-corrected chi connectivity index (χ2v) is 8.38. The van der Waals surface area contributed by atoms with Gasteiger partial charge in [0.2, 0.25) is 0 Å². The van der Waals surface area contributed by atoms with E-state index < -0.39 is 6.61 Å². The number of alkyl halides is 2. The fourth-order valence-electron chi connectivity index (χ4n) is 3.90. The first-order chi connectivity index (χ1) is 16.9. The van der Waals surface area contributed by atoms with E-state index in [9.17, 15) is 13.6 Å². The van der Waals surface area contributed by atoms with Crippen molar-refractivity contribution >= 4 is 11.4 Å². The molecule has 1 fully saturated rings. The molecule has 5 rings (SSSR count). The first kappa shape index (κ1) is 22.8. The summed E-state index contributed by atoms with van der Waals surface area (Å²) in [5.74, 6) is 1.24. The number of nitrogens with zero attached hydrogens (tertiary/aromatic N) is 5. The number of rotatable bonds is 10. The third-order valence-corrected chi connectivity index (χ3v) is 5.91. The minimum Gasteiger partial charge on any atom is -0.496 e. The molecule has 1 aromatic carbocycles. The Kier molecular flexibility index (Phi) is 6.06. The minimum absolute atomic E-state index is 0.0386. The second kappa shape index (κ2) is 9.32. The van der Waals surface area contributed by atoms with E-state index in [-0.39, 0.29) is 41.8 Å². The van der Waals surface area contributed by atoms with Crippen molar-refractivity contribution in [2.75, 3.05) is 7.11 Å². The number of aromatic nitrogens is 5. The van der Waals surface area contributed by atoms with E-state index >= 15 is 0 Å². The average molecular weight is 483 g/mol. The van der Waals surface area contributed by atoms with Crippen LogP contribution >= 0.6 is 0 Å². The highest BCUT2D eigenvalue weighted by atomic mass is 19.3. The summed E-state index contributed by atoms with van der Waals surface area (Å²) in [7, 11) is 3.22. The molecular weight excluding hydrogens is 460 g/mol. The SMILES string of the molecule is COc1cc(-c2cnc3cc(OCc4nncn4C)ccn23)cc(OC(F)F)c1C(=O)CC1CC1. The van der Waals surface area contributed by atoms with Crippen molar-refractivity contribution in [1.29, 1.82) is 0 Å². The van der Waals surface area contributed by atoms with Gasteiger partial charge >= 0.3 is 6.61 Å². The summed E-state index contributed by atoms with van der Waals surface area (Å²) in [6.45, 7) is -2.85. The van der Waals surface area contributed by atoms with E-state index in [0.717, 1.165) is 12.8 Å². The number of pyridine rings is 1. The lowest BCUT2D eigenvalue weighted by molar-refractivity contribution is -0.0502. The topological polar surface area (TPSA) is 92.8 Å². The van der Waals surface area contributed by atoms with Crippen LogP contribution in [0, 0.1) is 5.92 Å². The fourth-order valence-corrected chi connectivity index (χ4v) is 3.90. The number of fused-ring (bicyclic) bond motifs is 1. The third kappa shape index (κ3) is 4.79. The maximum Gasteiger partial charge on any atom is 0.387 e. The molecular formula is C24H23F2N5O4. The Hall–Kier alpha value is -4.02. The number of hydrogen-bond donors (Lipinski definition) is 0. The third-order valence-electron chi connectivity index (χ3n) is 5.91. The number of Topliss-reactive ketones (excluding diaryl/α,β-unsaturated/α-hetero) is 1. The lowest BCUT2D eigenvalue weighted by Crippen LogP contribution is -2.11. The molecule has 9 nitrogen and oxygen atoms in total. The molecule has 182 valence electrons. The fraction of sp³-hybridized carbons (Fsp3) is 0.333. The largest absolute Gasteiger partial charge is 0.496 e. The van der Waals surface area contributed by atoms with Crippen molar-refractivity contribution in [1.82, 2.24) is 24.1 Å². The predicted molar refractivity (Wildman–Crippen MR) is 121 cm³/mol. The molecule has 0 bridgehead atoms. The van der Waals surface area contributed by atoms with Gasteiger partial charge in [-0.25, -0.2) is 4.98 Å². The van der Waals surface area contributed by atoms with Crippen molar-refractivity contribution in [3.8, 4) is 28.5 Å². The Bertz CT molecular complexity index is 1380. The Morgan fingerprint density at radius 2 is 2.03 bits per heavy atom. The Balaban J connectivity index is 1.48. The van der Waals surface area contributed by atoms with Gasteiger partial charge in [0.25, 0.3) is 0 Å². The molecule has 0 aliphatic heterocycles. The standard InChI is InChI=1S/C24H23F2N5O4/c1-30-13-28-29-22(30)12-34-16-5-6-31-17(11-27-21(31)10-16)15-8-19(33-2)23(18(32)7-14-3-4-14)20(9-15)35-24(25)26/h5-6,8-11,13-14,24H,3-4,7,12H2,1-2H3. The smallest absolute Gasteiger partial charge is 0.387 e. The Morgan fingerprint density at radius 1 is 1.23 bits per heavy atom. The number of carbonyl (C=O) groups is 1. The lowest BCUT2D eigenvalue weighted by atomic mass is 10.00. The average Bonchev–Trinajstić information content (AvgIpc) is 3.39. The number of ketones is 1. The Labute approximate surface area is 199 Å². The van der Waals surface area contributed by atoms with Crippen LogP contribution < -0.4 is 14.2 Å². The quantitative estimate of drug-likeness (QED) is 0.311. The number of carbonyl (C=O) groups excluding carboxylic acids is 1. The van der Waals surface area contributed by atoms with Gasteiger partial charge in [0, 0.05) is 31.3 Å². The van der Waals surface area contributed by atoms with Gasteiger partial charge in [0.15, 0.2) is 11.6 Å². The zero-order chi connectivity index (χ0) is 24.5. The summed E-state index contributed by atoms with van der Waals surface area (Å²) >= 11 is 0. The second-order valence-electron chi connectivity index (χ2n) is 8.38. The molecule has 1 aliphatic carbocycles. The zero-order valence-corrected chi connectivity index (χ0v) is 19.1. The monoisotopic (exact) mass is 483 g/mol. The summed E-state index contributed by atoms with van der Waals surface area (Å²) in [6.07, 6.45) is 7.16. The van der Waals surface area contributed by atoms with Crippen molar-refractivity contribution in [3.63, 3.8) is 0 Å². The van der Waals surface area contributed by atoms with Crippen LogP contribution in [0.2, 0.25) is 0 Å². The van der Waals surface area contributed by atoms with Gasteiger partial charge in [-0.05, 0) is 37.0 Å². The molecule has 3 heterocycles. The molecule has 0 amide bonds. The molecule has 4 aromatic rings. The number of benzene rings is 1. The van der Waals surface area contributed by atoms with Gasteiger partial charge in [-0.15, -0.1) is 10.2 Å². The minimum atomic E-state index is -3.08. The molecule has 1 aliphatic rings. The predicted octanol–water partition coefficient (Wildman–Crippen LogP) is 4.30. The highest BCUT2D eigenvalue weighted by Gasteiger charge is 2.29. The van der Waals surface area contributed by atoms with Crippen molar-refractivity contribution in [3.05, 3.63) is 54.4 Å². The van der Waals surface area contributed by atoms with Crippen molar-refractivity contribution in [2.24, 2.45) is 13.0 Å². The van der Waals surface area contributed by atoms with E-state index in [1.54, 1.807) is 45.9 Å². The van der Waals surface area contributed by atoms with Gasteiger partial charge in [-0.2, -0.15) is 8.78 Å². The van der Waals surface area contributed by atoms with Crippen LogP contribution in [0.4, 0.5) is 8.78 Å². The van der Waals surface area contributed by atoms with Crippen LogP contribution in [0.25, 0.3) is 16.9 Å². The van der Waals surface area contributed by atoms with Crippen LogP contribution in [-0.2, 0) is 13.7 Å². The molecule has 0 saturated heterocycles. The van der Waals surface area contributed by atoms with Crippen LogP contribution in [0.15, 0.2) is 43.0 Å². The zero-order valence-electron chi connectivity index (χ0n) is 19.1. The molecule has 0 atom stereocenters. The summed E-state index contributed by atoms with van der Waals surface area (Å²) < 4.78 is 46.0. The normalized spacial score (nSPS) is 13.4. The lowest BCUT2D eigenvalue weighted by Gasteiger charge is -2.16. The number of imidazole rings is 1. The van der Waals surface area contributed by atoms with Gasteiger partial charge in [0.05, 0.1) is 19.0 Å². The van der Waals surface area contributed by atoms with Crippen molar-refractivity contribution in [2.45, 2.75) is 32.5 Å². The van der Waals surface area contributed by atoms with Crippen molar-refractivity contribution < 1.29 is 27.8 Å². The highest BCUT2D eigenvalue weighted by Crippen LogP contribution is 2.40. The number of methoxy groups -OCH3 is 1. The van der Waals surface area contributed by atoms with Crippen LogP contribution in [0.1, 0.15) is 35.4 Å². The van der Waals surface area contributed by atoms with E-state index in [0.29, 0.717) is 28.5 Å². The van der Waals surface area contributed by atoms with E-state index in [2.05, 4.69) is 15.2 Å². The molecule has 11 heteroatoms. The summed E-state index contributed by atoms with van der Waals surface area (Å²) in [4.78, 5) is 17.3. The number of aryl methyl sites for hydroxylation is 1. The van der Waals surface area contributed by atoms with Crippen LogP contribution in [0.3, 0.4) is 0 Å². The van der Waals surface area contributed by atoms with E-state index in [1.165, 1.54) is 13.2 Å². The molecule has 0 spiro atoms. The maximum absolute atomic E-state index is 13.2. The van der Waals surface area contributed by atoms with E-state index in [1.807, 2.05) is 7.05 Å². The van der Waals surface area contributed by atoms with Crippen LogP contribution in [-0.4, -0.2) is 43.7 Å².